The smallest absolute Gasteiger partial charge is 0.240 e. The Bertz CT molecular complexity index is 905. The van der Waals surface area contributed by atoms with Crippen LogP contribution >= 0.6 is 34.8 Å². The summed E-state index contributed by atoms with van der Waals surface area (Å²) in [6, 6.07) is 11.1. The Hall–Kier alpha value is -1.67. The van der Waals surface area contributed by atoms with Crippen LogP contribution in [0.1, 0.15) is 0 Å². The van der Waals surface area contributed by atoms with Crippen molar-refractivity contribution < 1.29 is 17.9 Å². The molecule has 0 radical (unpaired) electrons. The number of hydrogen-bond donors (Lipinski definition) is 1. The van der Waals surface area contributed by atoms with Crippen LogP contribution in [0.3, 0.4) is 0 Å². The summed E-state index contributed by atoms with van der Waals surface area (Å²) < 4.78 is 30.5. The molecule has 0 aromatic heterocycles. The Morgan fingerprint density at radius 3 is 2.30 bits per heavy atom. The normalized spacial score (nSPS) is 11.1. The minimum atomic E-state index is -3.72. The van der Waals surface area contributed by atoms with Crippen molar-refractivity contribution in [1.82, 2.24) is 5.32 Å². The number of rotatable bonds is 8. The Morgan fingerprint density at radius 1 is 1.07 bits per heavy atom. The number of amides is 1. The monoisotopic (exact) mass is 450 g/mol. The highest BCUT2D eigenvalue weighted by Crippen LogP contribution is 2.30. The van der Waals surface area contributed by atoms with E-state index in [1.165, 1.54) is 18.2 Å². The second-order valence-electron chi connectivity index (χ2n) is 5.52. The number of nitrogens with one attached hydrogen (secondary N) is 1. The molecular weight excluding hydrogens is 435 g/mol. The molecule has 0 aliphatic rings. The van der Waals surface area contributed by atoms with Gasteiger partial charge in [0.15, 0.2) is 0 Å². The van der Waals surface area contributed by atoms with E-state index in [-0.39, 0.29) is 23.9 Å². The Morgan fingerprint density at radius 2 is 1.70 bits per heavy atom. The first kappa shape index (κ1) is 21.6. The Kier molecular flexibility index (Phi) is 7.61. The minimum Gasteiger partial charge on any atom is -0.492 e. The fourth-order valence-corrected chi connectivity index (χ4v) is 3.70. The van der Waals surface area contributed by atoms with Gasteiger partial charge in [-0.3, -0.25) is 9.10 Å². The first-order valence-corrected chi connectivity index (χ1v) is 10.7. The highest BCUT2D eigenvalue weighted by Gasteiger charge is 2.23. The van der Waals surface area contributed by atoms with E-state index in [1.807, 2.05) is 0 Å². The lowest BCUT2D eigenvalue weighted by molar-refractivity contribution is -0.119. The molecule has 2 aromatic carbocycles. The molecule has 0 atom stereocenters. The van der Waals surface area contributed by atoms with E-state index >= 15 is 0 Å². The number of benzene rings is 2. The molecule has 0 saturated heterocycles. The van der Waals surface area contributed by atoms with Gasteiger partial charge in [0.25, 0.3) is 0 Å². The highest BCUT2D eigenvalue weighted by molar-refractivity contribution is 7.92. The zero-order valence-electron chi connectivity index (χ0n) is 14.3. The molecule has 1 N–H and O–H groups in total. The first-order chi connectivity index (χ1) is 12.7. The molecule has 0 spiro atoms. The van der Waals surface area contributed by atoms with Gasteiger partial charge in [0.1, 0.15) is 18.9 Å². The van der Waals surface area contributed by atoms with Crippen molar-refractivity contribution in [3.8, 4) is 5.75 Å². The summed E-state index contributed by atoms with van der Waals surface area (Å²) in [5.74, 6) is 0.116. The van der Waals surface area contributed by atoms with E-state index in [9.17, 15) is 13.2 Å². The minimum absolute atomic E-state index is 0.131. The number of ether oxygens (including phenoxy) is 1. The topological polar surface area (TPSA) is 75.7 Å². The number of nitrogens with zero attached hydrogens (tertiary/aromatic N) is 1. The predicted octanol–water partition coefficient (Wildman–Crippen LogP) is 3.61. The summed E-state index contributed by atoms with van der Waals surface area (Å²) in [5, 5.41) is 3.69. The van der Waals surface area contributed by atoms with Gasteiger partial charge in [-0.25, -0.2) is 8.42 Å². The summed E-state index contributed by atoms with van der Waals surface area (Å²) in [6.45, 7) is 0.00247. The number of anilines is 1. The largest absolute Gasteiger partial charge is 0.492 e. The van der Waals surface area contributed by atoms with Crippen molar-refractivity contribution in [3.63, 3.8) is 0 Å². The molecule has 27 heavy (non-hydrogen) atoms. The third kappa shape index (κ3) is 6.77. The standard InChI is InChI=1S/C17H17Cl3N2O4S/c1-27(24,25)22(16-7-4-13(19)10-15(16)20)11-17(23)21-8-9-26-14-5-2-12(18)3-6-14/h2-7,10H,8-9,11H2,1H3,(H,21,23). The molecule has 0 aliphatic carbocycles. The molecule has 0 bridgehead atoms. The van der Waals surface area contributed by atoms with E-state index < -0.39 is 22.5 Å². The first-order valence-electron chi connectivity index (χ1n) is 7.74. The average molecular weight is 452 g/mol. The Balaban J connectivity index is 1.93. The molecule has 0 saturated carbocycles. The number of halogens is 3. The molecule has 2 rings (SSSR count). The third-order valence-electron chi connectivity index (χ3n) is 3.37. The number of carbonyl (C=O) groups excluding carboxylic acids is 1. The molecule has 6 nitrogen and oxygen atoms in total. The van der Waals surface area contributed by atoms with Crippen molar-refractivity contribution in [2.45, 2.75) is 0 Å². The number of hydrogen-bond acceptors (Lipinski definition) is 4. The van der Waals surface area contributed by atoms with Gasteiger partial charge in [-0.2, -0.15) is 0 Å². The van der Waals surface area contributed by atoms with E-state index in [0.29, 0.717) is 15.8 Å². The number of carbonyl (C=O) groups is 1. The lowest BCUT2D eigenvalue weighted by Crippen LogP contribution is -2.41. The van der Waals surface area contributed by atoms with Gasteiger partial charge in [0, 0.05) is 10.0 Å². The SMILES string of the molecule is CS(=O)(=O)N(CC(=O)NCCOc1ccc(Cl)cc1)c1ccc(Cl)cc1Cl. The zero-order chi connectivity index (χ0) is 20.0. The molecular formula is C17H17Cl3N2O4S. The van der Waals surface area contributed by atoms with Crippen LogP contribution in [0.15, 0.2) is 42.5 Å². The second-order valence-corrected chi connectivity index (χ2v) is 8.70. The molecule has 1 amide bonds. The second kappa shape index (κ2) is 9.50. The zero-order valence-corrected chi connectivity index (χ0v) is 17.4. The maximum Gasteiger partial charge on any atom is 0.240 e. The molecule has 146 valence electrons. The summed E-state index contributed by atoms with van der Waals surface area (Å²) in [5.41, 5.74) is 0.177. The van der Waals surface area contributed by atoms with Crippen molar-refractivity contribution in [3.05, 3.63) is 57.5 Å². The van der Waals surface area contributed by atoms with Crippen LogP contribution in [-0.4, -0.2) is 40.3 Å². The van der Waals surface area contributed by atoms with Crippen molar-refractivity contribution in [2.75, 3.05) is 30.3 Å². The maximum absolute atomic E-state index is 12.1. The van der Waals surface area contributed by atoms with Crippen molar-refractivity contribution in [1.29, 1.82) is 0 Å². The predicted molar refractivity (Wildman–Crippen MR) is 109 cm³/mol. The number of sulfonamides is 1. The molecule has 0 heterocycles. The highest BCUT2D eigenvalue weighted by atomic mass is 35.5. The molecule has 2 aromatic rings. The van der Waals surface area contributed by atoms with Gasteiger partial charge >= 0.3 is 0 Å². The molecule has 0 aliphatic heterocycles. The van der Waals surface area contributed by atoms with Gasteiger partial charge in [-0.05, 0) is 42.5 Å². The van der Waals surface area contributed by atoms with Crippen LogP contribution in [0.5, 0.6) is 5.75 Å². The van der Waals surface area contributed by atoms with Crippen LogP contribution in [-0.2, 0) is 14.8 Å². The summed E-state index contributed by atoms with van der Waals surface area (Å²) >= 11 is 17.7. The van der Waals surface area contributed by atoms with Crippen LogP contribution in [0.2, 0.25) is 15.1 Å². The lowest BCUT2D eigenvalue weighted by Gasteiger charge is -2.23. The van der Waals surface area contributed by atoms with Gasteiger partial charge in [-0.15, -0.1) is 0 Å². The van der Waals surface area contributed by atoms with Crippen molar-refractivity contribution in [2.24, 2.45) is 0 Å². The van der Waals surface area contributed by atoms with Crippen LogP contribution in [0.25, 0.3) is 0 Å². The summed E-state index contributed by atoms with van der Waals surface area (Å²) in [6.07, 6.45) is 0.995. The van der Waals surface area contributed by atoms with Crippen LogP contribution in [0.4, 0.5) is 5.69 Å². The fraction of sp³-hybridized carbons (Fsp3) is 0.235. The quantitative estimate of drug-likeness (QED) is 0.622. The van der Waals surface area contributed by atoms with E-state index in [2.05, 4.69) is 5.32 Å². The molecule has 0 fully saturated rings. The fourth-order valence-electron chi connectivity index (χ4n) is 2.14. The molecule has 0 unspecified atom stereocenters. The maximum atomic E-state index is 12.1. The summed E-state index contributed by atoms with van der Waals surface area (Å²) in [7, 11) is -3.72. The Labute approximate surface area is 173 Å². The van der Waals surface area contributed by atoms with E-state index in [1.54, 1.807) is 24.3 Å². The molecule has 10 heteroatoms. The van der Waals surface area contributed by atoms with Crippen molar-refractivity contribution >= 4 is 56.4 Å². The van der Waals surface area contributed by atoms with Crippen LogP contribution < -0.4 is 14.4 Å². The van der Waals surface area contributed by atoms with Gasteiger partial charge in [-0.1, -0.05) is 34.8 Å². The van der Waals surface area contributed by atoms with E-state index in [4.69, 9.17) is 39.5 Å². The van der Waals surface area contributed by atoms with Crippen LogP contribution in [0, 0.1) is 0 Å². The van der Waals surface area contributed by atoms with E-state index in [0.717, 1.165) is 10.6 Å². The summed E-state index contributed by atoms with van der Waals surface area (Å²) in [4.78, 5) is 12.1. The average Bonchev–Trinajstić information content (AvgIpc) is 2.58. The van der Waals surface area contributed by atoms with Gasteiger partial charge in [0.05, 0.1) is 23.5 Å². The van der Waals surface area contributed by atoms with Gasteiger partial charge in [0.2, 0.25) is 15.9 Å². The third-order valence-corrected chi connectivity index (χ3v) is 5.29. The lowest BCUT2D eigenvalue weighted by atomic mass is 10.3. The van der Waals surface area contributed by atoms with Gasteiger partial charge < -0.3 is 10.1 Å².